The second kappa shape index (κ2) is 9.64. The zero-order valence-corrected chi connectivity index (χ0v) is 17.0. The predicted octanol–water partition coefficient (Wildman–Crippen LogP) is 1.81. The number of rotatable bonds is 6. The molecule has 1 aliphatic carbocycles. The van der Waals surface area contributed by atoms with Crippen molar-refractivity contribution >= 4 is 17.9 Å². The van der Waals surface area contributed by atoms with Crippen molar-refractivity contribution in [1.82, 2.24) is 20.5 Å². The summed E-state index contributed by atoms with van der Waals surface area (Å²) in [6.07, 6.45) is 5.81. The summed E-state index contributed by atoms with van der Waals surface area (Å²) < 4.78 is 4.93. The van der Waals surface area contributed by atoms with Gasteiger partial charge in [0.25, 0.3) is 0 Å². The quantitative estimate of drug-likeness (QED) is 0.719. The number of esters is 1. The lowest BCUT2D eigenvalue weighted by atomic mass is 9.86. The fraction of sp³-hybridized carbons (Fsp3) is 0.600. The Kier molecular flexibility index (Phi) is 7.51. The van der Waals surface area contributed by atoms with Crippen molar-refractivity contribution in [2.45, 2.75) is 51.1 Å². The smallest absolute Gasteiger partial charge is 0.332 e. The summed E-state index contributed by atoms with van der Waals surface area (Å²) in [5.41, 5.74) is -0.806. The highest BCUT2D eigenvalue weighted by atomic mass is 16.5. The molecule has 0 aromatic carbocycles. The number of hydrogen-bond acceptors (Lipinski definition) is 6. The van der Waals surface area contributed by atoms with E-state index in [1.54, 1.807) is 38.4 Å². The summed E-state index contributed by atoms with van der Waals surface area (Å²) in [4.78, 5) is 42.8. The van der Waals surface area contributed by atoms with Crippen LogP contribution in [0.1, 0.15) is 45.2 Å². The highest BCUT2D eigenvalue weighted by Crippen LogP contribution is 2.27. The number of ether oxygens (including phenoxy) is 1. The summed E-state index contributed by atoms with van der Waals surface area (Å²) in [6.45, 7) is 3.57. The third-order valence-corrected chi connectivity index (χ3v) is 5.57. The van der Waals surface area contributed by atoms with Gasteiger partial charge in [0.2, 0.25) is 5.91 Å². The second-order valence-corrected chi connectivity index (χ2v) is 7.52. The molecule has 1 aromatic rings. The first kappa shape index (κ1) is 21.8. The first-order chi connectivity index (χ1) is 13.3. The number of likely N-dealkylation sites (N-methyl/N-ethyl adjacent to an activating group) is 1. The molecule has 154 valence electrons. The van der Waals surface area contributed by atoms with Gasteiger partial charge in [-0.3, -0.25) is 20.0 Å². The summed E-state index contributed by atoms with van der Waals surface area (Å²) in [6, 6.07) is 4.77. The molecule has 8 nitrogen and oxygen atoms in total. The van der Waals surface area contributed by atoms with E-state index in [4.69, 9.17) is 4.74 Å². The first-order valence-electron chi connectivity index (χ1n) is 9.60. The van der Waals surface area contributed by atoms with Crippen LogP contribution in [0.15, 0.2) is 24.4 Å². The number of imide groups is 1. The lowest BCUT2D eigenvalue weighted by Gasteiger charge is -2.35. The minimum Gasteiger partial charge on any atom is -0.467 e. The highest BCUT2D eigenvalue weighted by Gasteiger charge is 2.42. The van der Waals surface area contributed by atoms with Crippen LogP contribution in [-0.4, -0.2) is 54.5 Å². The minimum atomic E-state index is -1.26. The monoisotopic (exact) mass is 390 g/mol. The van der Waals surface area contributed by atoms with Gasteiger partial charge in [0.05, 0.1) is 19.3 Å². The molecular formula is C20H30N4O4. The molecule has 3 atom stereocenters. The van der Waals surface area contributed by atoms with Crippen molar-refractivity contribution in [3.05, 3.63) is 30.1 Å². The SMILES string of the molecule is COC(=O)[C@](C)(c1ccccn1)N(C)CC(=O)NC(=O)N[C@@H]1CCCC[C@@H]1C. The topological polar surface area (TPSA) is 101 Å². The third kappa shape index (κ3) is 5.07. The Labute approximate surface area is 166 Å². The van der Waals surface area contributed by atoms with Crippen molar-refractivity contribution in [3.8, 4) is 0 Å². The number of carbonyl (C=O) groups excluding carboxylic acids is 3. The molecule has 0 bridgehead atoms. The zero-order valence-electron chi connectivity index (χ0n) is 17.0. The number of amides is 3. The van der Waals surface area contributed by atoms with Crippen LogP contribution in [-0.2, 0) is 19.9 Å². The van der Waals surface area contributed by atoms with Crippen LogP contribution in [0, 0.1) is 5.92 Å². The maximum absolute atomic E-state index is 12.5. The molecule has 0 spiro atoms. The number of nitrogens with zero attached hydrogens (tertiary/aromatic N) is 2. The van der Waals surface area contributed by atoms with Gasteiger partial charge >= 0.3 is 12.0 Å². The highest BCUT2D eigenvalue weighted by molar-refractivity contribution is 5.95. The van der Waals surface area contributed by atoms with E-state index in [1.165, 1.54) is 18.4 Å². The van der Waals surface area contributed by atoms with Crippen LogP contribution in [0.2, 0.25) is 0 Å². The zero-order chi connectivity index (χ0) is 20.7. The van der Waals surface area contributed by atoms with E-state index in [-0.39, 0.29) is 12.6 Å². The number of aromatic nitrogens is 1. The third-order valence-electron chi connectivity index (χ3n) is 5.57. The molecule has 2 N–H and O–H groups in total. The van der Waals surface area contributed by atoms with Crippen molar-refractivity contribution in [2.75, 3.05) is 20.7 Å². The lowest BCUT2D eigenvalue weighted by molar-refractivity contribution is -0.155. The average molecular weight is 390 g/mol. The van der Waals surface area contributed by atoms with Gasteiger partial charge in [0, 0.05) is 12.2 Å². The number of pyridine rings is 1. The summed E-state index contributed by atoms with van der Waals surface area (Å²) in [5.74, 6) is -0.652. The molecule has 1 aromatic heterocycles. The largest absolute Gasteiger partial charge is 0.467 e. The van der Waals surface area contributed by atoms with E-state index in [1.807, 2.05) is 0 Å². The molecule has 3 amide bonds. The second-order valence-electron chi connectivity index (χ2n) is 7.52. The minimum absolute atomic E-state index is 0.0770. The summed E-state index contributed by atoms with van der Waals surface area (Å²) in [5, 5.41) is 5.24. The standard InChI is InChI=1S/C20H30N4O4/c1-14-9-5-6-10-15(14)22-19(27)23-17(25)13-24(3)20(2,18(26)28-4)16-11-7-8-12-21-16/h7-8,11-12,14-15H,5-6,9-10,13H2,1-4H3,(H2,22,23,25,27)/t14-,15+,20-/m0/s1. The van der Waals surface area contributed by atoms with E-state index >= 15 is 0 Å². The molecule has 0 unspecified atom stereocenters. The van der Waals surface area contributed by atoms with Crippen molar-refractivity contribution in [2.24, 2.45) is 5.92 Å². The van der Waals surface area contributed by atoms with E-state index in [0.29, 0.717) is 11.6 Å². The Morgan fingerprint density at radius 2 is 2.00 bits per heavy atom. The van der Waals surface area contributed by atoms with Crippen molar-refractivity contribution in [1.29, 1.82) is 0 Å². The molecule has 0 saturated heterocycles. The predicted molar refractivity (Wildman–Crippen MR) is 104 cm³/mol. The maximum Gasteiger partial charge on any atom is 0.332 e. The molecule has 0 aliphatic heterocycles. The van der Waals surface area contributed by atoms with Crippen molar-refractivity contribution < 1.29 is 19.1 Å². The summed E-state index contributed by atoms with van der Waals surface area (Å²) in [7, 11) is 2.91. The number of nitrogens with one attached hydrogen (secondary N) is 2. The normalized spacial score (nSPS) is 21.5. The Hall–Kier alpha value is -2.48. The average Bonchev–Trinajstić information content (AvgIpc) is 2.68. The van der Waals surface area contributed by atoms with Crippen LogP contribution in [0.5, 0.6) is 0 Å². The summed E-state index contributed by atoms with van der Waals surface area (Å²) >= 11 is 0. The van der Waals surface area contributed by atoms with Gasteiger partial charge in [0.1, 0.15) is 0 Å². The van der Waals surface area contributed by atoms with Crippen LogP contribution >= 0.6 is 0 Å². The molecule has 0 radical (unpaired) electrons. The number of hydrogen-bond donors (Lipinski definition) is 2. The van der Waals surface area contributed by atoms with Gasteiger partial charge in [-0.05, 0) is 44.9 Å². The number of carbonyl (C=O) groups is 3. The number of methoxy groups -OCH3 is 1. The fourth-order valence-corrected chi connectivity index (χ4v) is 3.58. The molecule has 1 aliphatic rings. The van der Waals surface area contributed by atoms with Crippen molar-refractivity contribution in [3.63, 3.8) is 0 Å². The van der Waals surface area contributed by atoms with Gasteiger partial charge in [-0.1, -0.05) is 25.8 Å². The van der Waals surface area contributed by atoms with Gasteiger partial charge in [-0.25, -0.2) is 9.59 Å². The fourth-order valence-electron chi connectivity index (χ4n) is 3.58. The first-order valence-corrected chi connectivity index (χ1v) is 9.60. The molecule has 1 fully saturated rings. The lowest BCUT2D eigenvalue weighted by Crippen LogP contribution is -2.54. The van der Waals surface area contributed by atoms with Gasteiger partial charge in [-0.2, -0.15) is 0 Å². The Bertz CT molecular complexity index is 697. The van der Waals surface area contributed by atoms with Crippen LogP contribution in [0.25, 0.3) is 0 Å². The number of urea groups is 1. The van der Waals surface area contributed by atoms with E-state index in [9.17, 15) is 14.4 Å². The van der Waals surface area contributed by atoms with E-state index in [0.717, 1.165) is 19.3 Å². The Morgan fingerprint density at radius 1 is 1.29 bits per heavy atom. The molecule has 1 heterocycles. The maximum atomic E-state index is 12.5. The molecule has 2 rings (SSSR count). The van der Waals surface area contributed by atoms with Crippen LogP contribution < -0.4 is 10.6 Å². The Morgan fingerprint density at radius 3 is 2.61 bits per heavy atom. The van der Waals surface area contributed by atoms with Gasteiger partial charge < -0.3 is 10.1 Å². The molecular weight excluding hydrogens is 360 g/mol. The van der Waals surface area contributed by atoms with E-state index < -0.39 is 23.4 Å². The molecule has 8 heteroatoms. The van der Waals surface area contributed by atoms with Gasteiger partial charge in [-0.15, -0.1) is 0 Å². The van der Waals surface area contributed by atoms with Gasteiger partial charge in [0.15, 0.2) is 5.54 Å². The molecule has 28 heavy (non-hydrogen) atoms. The van der Waals surface area contributed by atoms with Crippen LogP contribution in [0.4, 0.5) is 4.79 Å². The van der Waals surface area contributed by atoms with Crippen LogP contribution in [0.3, 0.4) is 0 Å². The Balaban J connectivity index is 2.00. The molecule has 1 saturated carbocycles. The van der Waals surface area contributed by atoms with E-state index in [2.05, 4.69) is 22.5 Å².